The van der Waals surface area contributed by atoms with Gasteiger partial charge in [0.05, 0.1) is 12.1 Å². The molecule has 0 spiro atoms. The number of anilines is 1. The predicted molar refractivity (Wildman–Crippen MR) is 117 cm³/mol. The maximum Gasteiger partial charge on any atom is 0.349 e. The van der Waals surface area contributed by atoms with Crippen molar-refractivity contribution in [1.29, 1.82) is 0 Å². The van der Waals surface area contributed by atoms with Crippen molar-refractivity contribution in [2.24, 2.45) is 0 Å². The number of fused-ring (bicyclic) bond motifs is 4. The fraction of sp³-hybridized carbons (Fsp3) is 0.391. The summed E-state index contributed by atoms with van der Waals surface area (Å²) in [6, 6.07) is 14.0. The number of piperazine rings is 1. The average molecular weight is 419 g/mol. The van der Waals surface area contributed by atoms with Gasteiger partial charge in [-0.25, -0.2) is 4.79 Å². The molecule has 0 amide bonds. The molecule has 31 heavy (non-hydrogen) atoms. The summed E-state index contributed by atoms with van der Waals surface area (Å²) in [4.78, 5) is 21.8. The van der Waals surface area contributed by atoms with Crippen LogP contribution in [0.25, 0.3) is 10.9 Å². The minimum absolute atomic E-state index is 0.189. The Hall–Kier alpha value is -3.10. The number of nitrogens with zero attached hydrogens (tertiary/aromatic N) is 4. The van der Waals surface area contributed by atoms with Crippen molar-refractivity contribution < 1.29 is 9.47 Å². The number of rotatable bonds is 3. The molecule has 8 heteroatoms. The minimum Gasteiger partial charge on any atom is -0.454 e. The van der Waals surface area contributed by atoms with Gasteiger partial charge in [0.2, 0.25) is 6.79 Å². The summed E-state index contributed by atoms with van der Waals surface area (Å²) < 4.78 is 12.7. The molecule has 0 saturated carbocycles. The number of para-hydroxylation sites is 1. The van der Waals surface area contributed by atoms with E-state index in [9.17, 15) is 4.79 Å². The summed E-state index contributed by atoms with van der Waals surface area (Å²) in [5.41, 5.74) is 1.48. The van der Waals surface area contributed by atoms with Gasteiger partial charge in [-0.2, -0.15) is 4.98 Å². The summed E-state index contributed by atoms with van der Waals surface area (Å²) in [5, 5.41) is 4.65. The Balaban J connectivity index is 1.16. The second kappa shape index (κ2) is 6.96. The lowest BCUT2D eigenvalue weighted by Gasteiger charge is -2.43. The predicted octanol–water partition coefficient (Wildman–Crippen LogP) is 2.08. The first-order valence-electron chi connectivity index (χ1n) is 10.7. The van der Waals surface area contributed by atoms with E-state index in [1.807, 2.05) is 30.3 Å². The average Bonchev–Trinajstić information content (AvgIpc) is 3.39. The molecular weight excluding hydrogens is 394 g/mol. The normalized spacial score (nSPS) is 23.1. The number of hydrogen-bond donors (Lipinski definition) is 1. The van der Waals surface area contributed by atoms with Crippen molar-refractivity contribution in [3.05, 3.63) is 58.5 Å². The molecule has 160 valence electrons. The van der Waals surface area contributed by atoms with Crippen LogP contribution >= 0.6 is 0 Å². The highest BCUT2D eigenvalue weighted by atomic mass is 16.7. The smallest absolute Gasteiger partial charge is 0.349 e. The summed E-state index contributed by atoms with van der Waals surface area (Å²) in [6.07, 6.45) is 0. The van der Waals surface area contributed by atoms with E-state index in [1.54, 1.807) is 4.57 Å². The van der Waals surface area contributed by atoms with Gasteiger partial charge in [-0.1, -0.05) is 18.2 Å². The van der Waals surface area contributed by atoms with Crippen LogP contribution in [0, 0.1) is 0 Å². The van der Waals surface area contributed by atoms with Crippen molar-refractivity contribution in [2.75, 3.05) is 38.3 Å². The first-order chi connectivity index (χ1) is 15.1. The molecule has 0 aliphatic carbocycles. The fourth-order valence-corrected chi connectivity index (χ4v) is 4.94. The van der Waals surface area contributed by atoms with Gasteiger partial charge in [0.1, 0.15) is 11.5 Å². The minimum atomic E-state index is -0.303. The van der Waals surface area contributed by atoms with Crippen molar-refractivity contribution in [3.8, 4) is 11.5 Å². The van der Waals surface area contributed by atoms with E-state index in [0.29, 0.717) is 13.3 Å². The molecule has 3 aliphatic rings. The zero-order valence-corrected chi connectivity index (χ0v) is 17.5. The van der Waals surface area contributed by atoms with Crippen molar-refractivity contribution in [2.45, 2.75) is 25.7 Å². The van der Waals surface area contributed by atoms with E-state index >= 15 is 0 Å². The monoisotopic (exact) mass is 419 g/mol. The lowest BCUT2D eigenvalue weighted by Crippen LogP contribution is -2.59. The highest BCUT2D eigenvalue weighted by Crippen LogP contribution is 2.34. The maximum atomic E-state index is 12.6. The Morgan fingerprint density at radius 2 is 1.87 bits per heavy atom. The molecule has 1 unspecified atom stereocenters. The van der Waals surface area contributed by atoms with Gasteiger partial charge in [-0.3, -0.25) is 14.4 Å². The van der Waals surface area contributed by atoms with Crippen molar-refractivity contribution in [3.63, 3.8) is 0 Å². The molecule has 3 aliphatic heterocycles. The van der Waals surface area contributed by atoms with Gasteiger partial charge in [0, 0.05) is 38.1 Å². The Morgan fingerprint density at radius 3 is 2.74 bits per heavy atom. The molecular formula is C23H25N5O3. The van der Waals surface area contributed by atoms with Gasteiger partial charge in [-0.05, 0) is 36.8 Å². The van der Waals surface area contributed by atoms with Crippen LogP contribution in [-0.2, 0) is 13.1 Å². The summed E-state index contributed by atoms with van der Waals surface area (Å²) in [7, 11) is 0. The highest BCUT2D eigenvalue weighted by Gasteiger charge is 2.40. The highest BCUT2D eigenvalue weighted by molar-refractivity contribution is 5.89. The Morgan fingerprint density at radius 1 is 1.06 bits per heavy atom. The van der Waals surface area contributed by atoms with E-state index in [2.05, 4.69) is 39.2 Å². The van der Waals surface area contributed by atoms with E-state index in [4.69, 9.17) is 9.47 Å². The molecule has 3 aromatic rings. The topological polar surface area (TPSA) is 71.9 Å². The Labute approximate surface area is 180 Å². The van der Waals surface area contributed by atoms with Gasteiger partial charge < -0.3 is 14.8 Å². The quantitative estimate of drug-likeness (QED) is 0.697. The molecule has 0 bridgehead atoms. The van der Waals surface area contributed by atoms with Crippen molar-refractivity contribution in [1.82, 2.24) is 19.4 Å². The SMILES string of the molecule is CC1(N2CCN(Cc3ccc4c(c3)OCO4)CC2)Cn2c(c3ccccc3nc2=O)N1. The van der Waals surface area contributed by atoms with Crippen molar-refractivity contribution >= 4 is 16.7 Å². The van der Waals surface area contributed by atoms with E-state index < -0.39 is 0 Å². The van der Waals surface area contributed by atoms with Gasteiger partial charge in [-0.15, -0.1) is 0 Å². The van der Waals surface area contributed by atoms with Crippen LogP contribution in [0.1, 0.15) is 12.5 Å². The van der Waals surface area contributed by atoms with Crippen LogP contribution in [0.2, 0.25) is 0 Å². The third-order valence-electron chi connectivity index (χ3n) is 6.64. The number of nitrogens with one attached hydrogen (secondary N) is 1. The molecule has 1 saturated heterocycles. The molecule has 6 rings (SSSR count). The third-order valence-corrected chi connectivity index (χ3v) is 6.64. The van der Waals surface area contributed by atoms with Gasteiger partial charge >= 0.3 is 5.69 Å². The third kappa shape index (κ3) is 3.14. The van der Waals surface area contributed by atoms with Crippen LogP contribution in [0.4, 0.5) is 5.82 Å². The number of ether oxygens (including phenoxy) is 2. The molecule has 1 atom stereocenters. The molecule has 1 fully saturated rings. The summed E-state index contributed by atoms with van der Waals surface area (Å²) in [6.45, 7) is 7.78. The largest absolute Gasteiger partial charge is 0.454 e. The molecule has 1 aromatic heterocycles. The number of benzene rings is 2. The molecule has 0 radical (unpaired) electrons. The van der Waals surface area contributed by atoms with Crippen LogP contribution < -0.4 is 20.5 Å². The molecule has 2 aromatic carbocycles. The molecule has 1 N–H and O–H groups in total. The Bertz CT molecular complexity index is 1220. The zero-order valence-electron chi connectivity index (χ0n) is 17.5. The van der Waals surface area contributed by atoms with Gasteiger partial charge in [0.25, 0.3) is 0 Å². The maximum absolute atomic E-state index is 12.6. The fourth-order valence-electron chi connectivity index (χ4n) is 4.94. The van der Waals surface area contributed by atoms with Crippen LogP contribution in [0.5, 0.6) is 11.5 Å². The summed E-state index contributed by atoms with van der Waals surface area (Å²) in [5.74, 6) is 2.54. The van der Waals surface area contributed by atoms with E-state index in [0.717, 1.165) is 60.9 Å². The van der Waals surface area contributed by atoms with Crippen LogP contribution in [-0.4, -0.2) is 58.0 Å². The standard InChI is InChI=1S/C23H25N5O3/c1-23(14-28-21(25-23)17-4-2-3-5-18(17)24-22(28)29)27-10-8-26(9-11-27)13-16-6-7-19-20(12-16)31-15-30-19/h2-7,12,25H,8-11,13-15H2,1H3. The van der Waals surface area contributed by atoms with Crippen LogP contribution in [0.15, 0.2) is 47.3 Å². The summed E-state index contributed by atoms with van der Waals surface area (Å²) >= 11 is 0. The van der Waals surface area contributed by atoms with E-state index in [1.165, 1.54) is 5.56 Å². The lowest BCUT2D eigenvalue weighted by molar-refractivity contribution is 0.0516. The number of hydrogen-bond acceptors (Lipinski definition) is 7. The number of aromatic nitrogens is 2. The van der Waals surface area contributed by atoms with Gasteiger partial charge in [0.15, 0.2) is 11.5 Å². The first kappa shape index (κ1) is 18.7. The lowest BCUT2D eigenvalue weighted by atomic mass is 10.1. The second-order valence-electron chi connectivity index (χ2n) is 8.70. The van der Waals surface area contributed by atoms with E-state index in [-0.39, 0.29) is 11.4 Å². The molecule has 8 nitrogen and oxygen atoms in total. The Kier molecular flexibility index (Phi) is 4.19. The molecule has 4 heterocycles. The van der Waals surface area contributed by atoms with Crippen LogP contribution in [0.3, 0.4) is 0 Å². The zero-order chi connectivity index (χ0) is 21.0. The first-order valence-corrected chi connectivity index (χ1v) is 10.7. The second-order valence-corrected chi connectivity index (χ2v) is 8.70.